The van der Waals surface area contributed by atoms with Crippen LogP contribution in [-0.4, -0.2) is 14.8 Å². The van der Waals surface area contributed by atoms with E-state index in [2.05, 4.69) is 7.58 Å². The van der Waals surface area contributed by atoms with E-state index < -0.39 is 31.5 Å². The molecule has 0 aliphatic rings. The molecule has 78 valence electrons. The summed E-state index contributed by atoms with van der Waals surface area (Å²) in [6.07, 6.45) is 0. The van der Waals surface area contributed by atoms with Gasteiger partial charge in [-0.2, -0.15) is 0 Å². The van der Waals surface area contributed by atoms with Crippen LogP contribution in [0.25, 0.3) is 11.1 Å². The van der Waals surface area contributed by atoms with Crippen molar-refractivity contribution in [3.05, 3.63) is 24.3 Å². The fourth-order valence-corrected chi connectivity index (χ4v) is 3.45. The van der Waals surface area contributed by atoms with Crippen LogP contribution in [0.5, 0.6) is 0 Å². The molecule has 8 heteroatoms. The summed E-state index contributed by atoms with van der Waals surface area (Å²) in [5.41, 5.74) is 1.27. The molecule has 0 saturated heterocycles. The van der Waals surface area contributed by atoms with Gasteiger partial charge in [-0.1, -0.05) is 0 Å². The average Bonchev–Trinajstić information content (AvgIpc) is 2.56. The van der Waals surface area contributed by atoms with Gasteiger partial charge >= 0.3 is 96.8 Å². The third kappa shape index (κ3) is 3.07. The molecule has 0 aliphatic carbocycles. The van der Waals surface area contributed by atoms with Crippen LogP contribution in [0.2, 0.25) is 0 Å². The van der Waals surface area contributed by atoms with Gasteiger partial charge in [0.1, 0.15) is 0 Å². The summed E-state index contributed by atoms with van der Waals surface area (Å²) in [5.74, 6) is 0. The van der Waals surface area contributed by atoms with Gasteiger partial charge in [0.25, 0.3) is 0 Å². The summed E-state index contributed by atoms with van der Waals surface area (Å²) in [5, 5.41) is 0. The van der Waals surface area contributed by atoms with Crippen molar-refractivity contribution in [3.63, 3.8) is 0 Å². The number of hydrogen-bond acceptors (Lipinski definition) is 4. The van der Waals surface area contributed by atoms with Gasteiger partial charge in [-0.3, -0.25) is 0 Å². The van der Waals surface area contributed by atoms with Crippen molar-refractivity contribution in [3.8, 4) is 0 Å². The van der Waals surface area contributed by atoms with Crippen molar-refractivity contribution in [2.75, 3.05) is 0 Å². The van der Waals surface area contributed by atoms with Gasteiger partial charge in [0, 0.05) is 0 Å². The summed E-state index contributed by atoms with van der Waals surface area (Å²) >= 11 is -1.90. The molecule has 1 heterocycles. The van der Waals surface area contributed by atoms with Crippen LogP contribution in [0, 0.1) is 0 Å². The molecule has 0 radical (unpaired) electrons. The van der Waals surface area contributed by atoms with Crippen molar-refractivity contribution in [2.45, 2.75) is 0 Å². The Balaban J connectivity index is 2.19. The zero-order chi connectivity index (χ0) is 10.9. The van der Waals surface area contributed by atoms with Gasteiger partial charge in [-0.15, -0.1) is 0 Å². The van der Waals surface area contributed by atoms with Crippen LogP contribution in [0.15, 0.2) is 28.7 Å². The first-order valence-electron chi connectivity index (χ1n) is 3.90. The number of aromatic nitrogens is 1. The molecule has 0 bridgehead atoms. The van der Waals surface area contributed by atoms with E-state index in [-0.39, 0.29) is 0 Å². The number of para-hydroxylation sites is 2. The van der Waals surface area contributed by atoms with Crippen LogP contribution in [0.3, 0.4) is 0 Å². The second-order valence-corrected chi connectivity index (χ2v) is 6.73. The van der Waals surface area contributed by atoms with Crippen LogP contribution in [0.1, 0.15) is 0 Å². The molecule has 6 nitrogen and oxygen atoms in total. The molecule has 0 atom stereocenters. The summed E-state index contributed by atoms with van der Waals surface area (Å²) in [6, 6.07) is 7.11. The van der Waals surface area contributed by atoms with E-state index in [0.29, 0.717) is 14.7 Å². The van der Waals surface area contributed by atoms with Crippen LogP contribution in [-0.2, 0) is 30.8 Å². The SMILES string of the molecule is O=P(O)(O)[O][Zr][c]1nc2ccccc2o1. The monoisotopic (exact) mass is 305 g/mol. The Morgan fingerprint density at radius 2 is 2.13 bits per heavy atom. The Morgan fingerprint density at radius 1 is 1.40 bits per heavy atom. The Morgan fingerprint density at radius 3 is 2.80 bits per heavy atom. The van der Waals surface area contributed by atoms with Crippen LogP contribution in [0.4, 0.5) is 0 Å². The second kappa shape index (κ2) is 4.28. The number of fused-ring (bicyclic) bond motifs is 1. The topological polar surface area (TPSA) is 92.8 Å². The first kappa shape index (κ1) is 11.2. The van der Waals surface area contributed by atoms with E-state index in [1.54, 1.807) is 18.2 Å². The molecule has 0 amide bonds. The molecule has 2 aromatic rings. The summed E-state index contributed by atoms with van der Waals surface area (Å²) < 4.78 is 20.5. The molecule has 1 aromatic carbocycles. The zero-order valence-corrected chi connectivity index (χ0v) is 10.7. The minimum atomic E-state index is -4.40. The number of nitrogens with zero attached hydrogens (tertiary/aromatic N) is 1. The molecular formula is C7H6NO5PZr. The number of hydrogen-bond donors (Lipinski definition) is 2. The third-order valence-corrected chi connectivity index (χ3v) is 5.26. The molecular weight excluding hydrogens is 300 g/mol. The Labute approximate surface area is 96.7 Å². The van der Waals surface area contributed by atoms with E-state index >= 15 is 0 Å². The fraction of sp³-hybridized carbons (Fsp3) is 0. The van der Waals surface area contributed by atoms with Gasteiger partial charge < -0.3 is 0 Å². The standard InChI is InChI=1S/C7H4NO.H3O4P.Zr/c1-2-4-7-6(3-1)8-5-9-7;1-5(2,3)4;/h1-4H;(H3,1,2,3,4);/q;;+1/p-1. The molecule has 2 N–H and O–H groups in total. The van der Waals surface area contributed by atoms with Crippen LogP contribution >= 0.6 is 7.82 Å². The zero-order valence-electron chi connectivity index (χ0n) is 7.32. The van der Waals surface area contributed by atoms with Crippen molar-refractivity contribution in [2.24, 2.45) is 0 Å². The number of oxazole rings is 1. The molecule has 0 fully saturated rings. The van der Waals surface area contributed by atoms with E-state index in [4.69, 9.17) is 14.2 Å². The van der Waals surface area contributed by atoms with E-state index in [1.165, 1.54) is 0 Å². The Kier molecular flexibility index (Phi) is 3.19. The first-order chi connectivity index (χ1) is 7.04. The van der Waals surface area contributed by atoms with E-state index in [1.807, 2.05) is 6.07 Å². The maximum absolute atomic E-state index is 10.5. The van der Waals surface area contributed by atoms with Gasteiger partial charge in [0.15, 0.2) is 0 Å². The predicted octanol–water partition coefficient (Wildman–Crippen LogP) is 0.560. The number of benzene rings is 1. The van der Waals surface area contributed by atoms with Crippen LogP contribution < -0.4 is 3.60 Å². The summed E-state index contributed by atoms with van der Waals surface area (Å²) in [6.45, 7) is 0. The number of rotatable bonds is 3. The first-order valence-corrected chi connectivity index (χ1v) is 7.66. The quantitative estimate of drug-likeness (QED) is 0.805. The van der Waals surface area contributed by atoms with Gasteiger partial charge in [0.2, 0.25) is 0 Å². The maximum atomic E-state index is 10.5. The molecule has 0 aliphatic heterocycles. The molecule has 0 unspecified atom stereocenters. The third-order valence-electron chi connectivity index (χ3n) is 1.55. The molecule has 15 heavy (non-hydrogen) atoms. The summed E-state index contributed by atoms with van der Waals surface area (Å²) in [7, 11) is -4.40. The van der Waals surface area contributed by atoms with Crippen molar-refractivity contribution >= 4 is 22.5 Å². The molecule has 0 spiro atoms. The molecule has 1 aromatic heterocycles. The molecule has 2 rings (SSSR count). The van der Waals surface area contributed by atoms with Gasteiger partial charge in [-0.25, -0.2) is 0 Å². The van der Waals surface area contributed by atoms with E-state index in [0.717, 1.165) is 0 Å². The van der Waals surface area contributed by atoms with Crippen molar-refractivity contribution in [1.29, 1.82) is 0 Å². The Bertz CT molecular complexity index is 488. The van der Waals surface area contributed by atoms with Gasteiger partial charge in [-0.05, 0) is 0 Å². The predicted molar refractivity (Wildman–Crippen MR) is 46.8 cm³/mol. The van der Waals surface area contributed by atoms with E-state index in [9.17, 15) is 4.57 Å². The second-order valence-electron chi connectivity index (χ2n) is 2.67. The minimum absolute atomic E-state index is 0.308. The fourth-order valence-electron chi connectivity index (χ4n) is 1.01. The normalized spacial score (nSPS) is 11.9. The van der Waals surface area contributed by atoms with Crippen molar-refractivity contribution in [1.82, 2.24) is 4.98 Å². The van der Waals surface area contributed by atoms with Gasteiger partial charge in [0.05, 0.1) is 0 Å². The number of phosphoric acid groups is 1. The molecule has 0 saturated carbocycles. The summed E-state index contributed by atoms with van der Waals surface area (Å²) in [4.78, 5) is 21.1. The Hall–Kier alpha value is -0.317. The van der Waals surface area contributed by atoms with Crippen molar-refractivity contribution < 1.29 is 45.0 Å². The average molecular weight is 306 g/mol.